The Bertz CT molecular complexity index is 340. The summed E-state index contributed by atoms with van der Waals surface area (Å²) in [6.07, 6.45) is 1.17. The van der Waals surface area contributed by atoms with Gasteiger partial charge in [0.05, 0.1) is 7.11 Å². The van der Waals surface area contributed by atoms with Gasteiger partial charge in [-0.05, 0) is 18.6 Å². The Labute approximate surface area is 97.4 Å². The summed E-state index contributed by atoms with van der Waals surface area (Å²) in [5.74, 6) is 0.936. The van der Waals surface area contributed by atoms with Gasteiger partial charge >= 0.3 is 0 Å². The molecule has 3 nitrogen and oxygen atoms in total. The van der Waals surface area contributed by atoms with Crippen molar-refractivity contribution < 1.29 is 4.74 Å². The van der Waals surface area contributed by atoms with Crippen LogP contribution in [0.15, 0.2) is 24.3 Å². The fourth-order valence-electron chi connectivity index (χ4n) is 2.25. The molecule has 1 heterocycles. The minimum Gasteiger partial charge on any atom is -0.497 e. The number of piperazine rings is 1. The van der Waals surface area contributed by atoms with Crippen LogP contribution in [-0.2, 0) is 0 Å². The third-order valence-corrected chi connectivity index (χ3v) is 3.21. The summed E-state index contributed by atoms with van der Waals surface area (Å²) in [5.41, 5.74) is 1.27. The highest BCUT2D eigenvalue weighted by molar-refractivity contribution is 5.52. The molecule has 3 heteroatoms. The van der Waals surface area contributed by atoms with Crippen LogP contribution >= 0.6 is 0 Å². The lowest BCUT2D eigenvalue weighted by Gasteiger charge is -2.37. The number of rotatable bonds is 3. The number of methoxy groups -OCH3 is 1. The second kappa shape index (κ2) is 5.21. The van der Waals surface area contributed by atoms with Gasteiger partial charge in [0, 0.05) is 37.4 Å². The fraction of sp³-hybridized carbons (Fsp3) is 0.538. The van der Waals surface area contributed by atoms with Crippen molar-refractivity contribution in [1.29, 1.82) is 0 Å². The molecule has 0 aliphatic carbocycles. The zero-order valence-corrected chi connectivity index (χ0v) is 10.1. The van der Waals surface area contributed by atoms with Crippen LogP contribution < -0.4 is 15.0 Å². The van der Waals surface area contributed by atoms with Gasteiger partial charge in [0.2, 0.25) is 0 Å². The molecule has 0 saturated carbocycles. The van der Waals surface area contributed by atoms with Gasteiger partial charge < -0.3 is 15.0 Å². The maximum atomic E-state index is 5.27. The van der Waals surface area contributed by atoms with Gasteiger partial charge in [-0.25, -0.2) is 0 Å². The summed E-state index contributed by atoms with van der Waals surface area (Å²) >= 11 is 0. The molecule has 1 aliphatic heterocycles. The number of benzene rings is 1. The average molecular weight is 220 g/mol. The van der Waals surface area contributed by atoms with Crippen molar-refractivity contribution >= 4 is 5.69 Å². The Kier molecular flexibility index (Phi) is 3.67. The van der Waals surface area contributed by atoms with Gasteiger partial charge in [0.1, 0.15) is 5.75 Å². The molecule has 1 fully saturated rings. The maximum absolute atomic E-state index is 5.27. The molecule has 1 aromatic rings. The first kappa shape index (κ1) is 11.3. The molecule has 0 unspecified atom stereocenters. The Morgan fingerprint density at radius 2 is 2.38 bits per heavy atom. The predicted octanol–water partition coefficient (Wildman–Crippen LogP) is 1.88. The molecule has 2 rings (SSSR count). The largest absolute Gasteiger partial charge is 0.497 e. The molecular formula is C13H20N2O. The minimum atomic E-state index is 0.598. The highest BCUT2D eigenvalue weighted by Gasteiger charge is 2.20. The maximum Gasteiger partial charge on any atom is 0.120 e. The number of nitrogens with zero attached hydrogens (tertiary/aromatic N) is 1. The van der Waals surface area contributed by atoms with Crippen molar-refractivity contribution in [3.05, 3.63) is 24.3 Å². The van der Waals surface area contributed by atoms with Gasteiger partial charge in [0.15, 0.2) is 0 Å². The third kappa shape index (κ3) is 2.30. The zero-order chi connectivity index (χ0) is 11.4. The van der Waals surface area contributed by atoms with Crippen LogP contribution in [0.1, 0.15) is 13.3 Å². The first-order chi connectivity index (χ1) is 7.85. The Balaban J connectivity index is 2.20. The van der Waals surface area contributed by atoms with Gasteiger partial charge in [-0.3, -0.25) is 0 Å². The lowest BCUT2D eigenvalue weighted by molar-refractivity contribution is 0.413. The molecule has 0 radical (unpaired) electrons. The van der Waals surface area contributed by atoms with E-state index < -0.39 is 0 Å². The molecule has 1 N–H and O–H groups in total. The molecule has 16 heavy (non-hydrogen) atoms. The van der Waals surface area contributed by atoms with Crippen molar-refractivity contribution in [2.75, 3.05) is 31.6 Å². The molecule has 1 atom stereocenters. The van der Waals surface area contributed by atoms with Crippen molar-refractivity contribution in [3.8, 4) is 5.75 Å². The van der Waals surface area contributed by atoms with Crippen molar-refractivity contribution in [1.82, 2.24) is 5.32 Å². The van der Waals surface area contributed by atoms with Crippen LogP contribution in [0.2, 0.25) is 0 Å². The first-order valence-electron chi connectivity index (χ1n) is 5.96. The van der Waals surface area contributed by atoms with Crippen LogP contribution in [0.3, 0.4) is 0 Å². The highest BCUT2D eigenvalue weighted by Crippen LogP contribution is 2.24. The molecule has 0 amide bonds. The van der Waals surface area contributed by atoms with E-state index in [2.05, 4.69) is 35.3 Å². The van der Waals surface area contributed by atoms with E-state index in [4.69, 9.17) is 4.74 Å². The van der Waals surface area contributed by atoms with Crippen molar-refractivity contribution in [2.45, 2.75) is 19.4 Å². The van der Waals surface area contributed by atoms with Crippen LogP contribution in [0.25, 0.3) is 0 Å². The van der Waals surface area contributed by atoms with E-state index in [9.17, 15) is 0 Å². The molecule has 1 aromatic carbocycles. The zero-order valence-electron chi connectivity index (χ0n) is 10.1. The molecular weight excluding hydrogens is 200 g/mol. The summed E-state index contributed by atoms with van der Waals surface area (Å²) in [6, 6.07) is 8.93. The van der Waals surface area contributed by atoms with E-state index in [1.54, 1.807) is 7.11 Å². The van der Waals surface area contributed by atoms with E-state index in [0.29, 0.717) is 6.04 Å². The van der Waals surface area contributed by atoms with Gasteiger partial charge in [-0.15, -0.1) is 0 Å². The van der Waals surface area contributed by atoms with Gasteiger partial charge in [-0.1, -0.05) is 13.0 Å². The van der Waals surface area contributed by atoms with Crippen molar-refractivity contribution in [2.24, 2.45) is 0 Å². The predicted molar refractivity (Wildman–Crippen MR) is 67.3 cm³/mol. The summed E-state index contributed by atoms with van der Waals surface area (Å²) in [7, 11) is 1.72. The lowest BCUT2D eigenvalue weighted by atomic mass is 10.1. The third-order valence-electron chi connectivity index (χ3n) is 3.21. The summed E-state index contributed by atoms with van der Waals surface area (Å²) in [6.45, 7) is 5.46. The molecule has 1 aliphatic rings. The average Bonchev–Trinajstić information content (AvgIpc) is 2.38. The van der Waals surface area contributed by atoms with E-state index in [-0.39, 0.29) is 0 Å². The van der Waals surface area contributed by atoms with Crippen LogP contribution in [0.4, 0.5) is 5.69 Å². The minimum absolute atomic E-state index is 0.598. The molecule has 0 aromatic heterocycles. The lowest BCUT2D eigenvalue weighted by Crippen LogP contribution is -2.51. The summed E-state index contributed by atoms with van der Waals surface area (Å²) in [4.78, 5) is 2.47. The first-order valence-corrected chi connectivity index (χ1v) is 5.96. The second-order valence-electron chi connectivity index (χ2n) is 4.16. The SMILES string of the molecule is CC[C@@H]1CNCCN1c1cccc(OC)c1. The van der Waals surface area contributed by atoms with Gasteiger partial charge in [-0.2, -0.15) is 0 Å². The number of hydrogen-bond acceptors (Lipinski definition) is 3. The molecule has 0 bridgehead atoms. The summed E-state index contributed by atoms with van der Waals surface area (Å²) < 4.78 is 5.27. The van der Waals surface area contributed by atoms with Crippen LogP contribution in [-0.4, -0.2) is 32.8 Å². The normalized spacial score (nSPS) is 20.9. The van der Waals surface area contributed by atoms with E-state index in [1.165, 1.54) is 12.1 Å². The quantitative estimate of drug-likeness (QED) is 0.842. The Morgan fingerprint density at radius 3 is 3.12 bits per heavy atom. The van der Waals surface area contributed by atoms with E-state index >= 15 is 0 Å². The van der Waals surface area contributed by atoms with E-state index in [0.717, 1.165) is 25.4 Å². The number of anilines is 1. The number of nitrogens with one attached hydrogen (secondary N) is 1. The van der Waals surface area contributed by atoms with Crippen molar-refractivity contribution in [3.63, 3.8) is 0 Å². The van der Waals surface area contributed by atoms with E-state index in [1.807, 2.05) is 6.07 Å². The topological polar surface area (TPSA) is 24.5 Å². The fourth-order valence-corrected chi connectivity index (χ4v) is 2.25. The summed E-state index contributed by atoms with van der Waals surface area (Å²) in [5, 5.41) is 3.44. The standard InChI is InChI=1S/C13H20N2O/c1-3-11-10-14-7-8-15(11)12-5-4-6-13(9-12)16-2/h4-6,9,11,14H,3,7-8,10H2,1-2H3/t11-/m1/s1. The van der Waals surface area contributed by atoms with Gasteiger partial charge in [0.25, 0.3) is 0 Å². The molecule has 1 saturated heterocycles. The Hall–Kier alpha value is -1.22. The number of hydrogen-bond donors (Lipinski definition) is 1. The molecule has 88 valence electrons. The second-order valence-corrected chi connectivity index (χ2v) is 4.16. The van der Waals surface area contributed by atoms with Crippen LogP contribution in [0, 0.1) is 0 Å². The smallest absolute Gasteiger partial charge is 0.120 e. The Morgan fingerprint density at radius 1 is 1.50 bits per heavy atom. The highest BCUT2D eigenvalue weighted by atomic mass is 16.5. The monoisotopic (exact) mass is 220 g/mol. The molecule has 0 spiro atoms. The number of ether oxygens (including phenoxy) is 1. The van der Waals surface area contributed by atoms with Crippen LogP contribution in [0.5, 0.6) is 5.75 Å².